The van der Waals surface area contributed by atoms with E-state index in [0.717, 1.165) is 6.07 Å². The van der Waals surface area contributed by atoms with Crippen molar-refractivity contribution in [3.05, 3.63) is 28.0 Å². The van der Waals surface area contributed by atoms with Crippen molar-refractivity contribution in [2.45, 2.75) is 12.6 Å². The Morgan fingerprint density at radius 2 is 1.94 bits per heavy atom. The van der Waals surface area contributed by atoms with Crippen LogP contribution >= 0.6 is 11.6 Å². The van der Waals surface area contributed by atoms with Crippen LogP contribution in [0.5, 0.6) is 0 Å². The number of hydrogen-bond donors (Lipinski definition) is 0. The maximum Gasteiger partial charge on any atom is 0.434 e. The van der Waals surface area contributed by atoms with Gasteiger partial charge >= 0.3 is 6.18 Å². The summed E-state index contributed by atoms with van der Waals surface area (Å²) in [6, 6.07) is 1.60. The first-order valence-electron chi connectivity index (χ1n) is 3.73. The number of rotatable bonds is 1. The molecule has 0 radical (unpaired) electrons. The van der Waals surface area contributed by atoms with Gasteiger partial charge < -0.3 is 0 Å². The summed E-state index contributed by atoms with van der Waals surface area (Å²) in [6.45, 7) is 0. The molecule has 0 spiro atoms. The second-order valence-corrected chi connectivity index (χ2v) is 3.06. The van der Waals surface area contributed by atoms with Gasteiger partial charge in [-0.15, -0.1) is 0 Å². The van der Waals surface area contributed by atoms with Crippen molar-refractivity contribution in [2.75, 3.05) is 0 Å². The van der Waals surface area contributed by atoms with Crippen molar-refractivity contribution in [3.8, 4) is 6.07 Å². The molecule has 0 N–H and O–H groups in total. The quantitative estimate of drug-likeness (QED) is 0.569. The number of pyridine rings is 1. The van der Waals surface area contributed by atoms with Gasteiger partial charge in [-0.2, -0.15) is 18.4 Å². The Bertz CT molecular complexity index is 449. The minimum Gasteiger partial charge on any atom is -0.230 e. The summed E-state index contributed by atoms with van der Waals surface area (Å²) in [7, 11) is 0. The zero-order chi connectivity index (χ0) is 12.5. The highest BCUT2D eigenvalue weighted by atomic mass is 35.5. The van der Waals surface area contributed by atoms with Crippen LogP contribution in [0.15, 0.2) is 6.07 Å². The molecule has 0 fully saturated rings. The van der Waals surface area contributed by atoms with Gasteiger partial charge in [0.15, 0.2) is 5.69 Å². The molecule has 0 amide bonds. The maximum absolute atomic E-state index is 12.4. The summed E-state index contributed by atoms with van der Waals surface area (Å²) in [5.74, 6) is 0. The normalized spacial score (nSPS) is 11.6. The number of aromatic nitrogens is 1. The van der Waals surface area contributed by atoms with Crippen LogP contribution in [0, 0.1) is 11.3 Å². The van der Waals surface area contributed by atoms with Crippen LogP contribution in [0.1, 0.15) is 23.2 Å². The van der Waals surface area contributed by atoms with E-state index < -0.39 is 34.6 Å². The van der Waals surface area contributed by atoms with Gasteiger partial charge in [0.05, 0.1) is 5.56 Å². The fourth-order valence-corrected chi connectivity index (χ4v) is 1.23. The second kappa shape index (κ2) is 4.22. The van der Waals surface area contributed by atoms with Gasteiger partial charge in [-0.25, -0.2) is 13.8 Å². The summed E-state index contributed by atoms with van der Waals surface area (Å²) in [4.78, 5) is 2.84. The van der Waals surface area contributed by atoms with Crippen molar-refractivity contribution < 1.29 is 22.0 Å². The molecule has 1 aromatic rings. The standard InChI is InChI=1S/C8H2ClF5N2/c9-5-1-3(7(10)11)4(2-15)6(16-5)8(12,13)14/h1,7H. The second-order valence-electron chi connectivity index (χ2n) is 2.67. The molecule has 0 unspecified atom stereocenters. The van der Waals surface area contributed by atoms with Crippen LogP contribution in [0.4, 0.5) is 22.0 Å². The van der Waals surface area contributed by atoms with E-state index >= 15 is 0 Å². The first-order chi connectivity index (χ1) is 7.27. The molecule has 86 valence electrons. The molecular formula is C8H2ClF5N2. The Morgan fingerprint density at radius 1 is 1.38 bits per heavy atom. The first-order valence-corrected chi connectivity index (χ1v) is 4.11. The fraction of sp³-hybridized carbons (Fsp3) is 0.250. The fourth-order valence-electron chi connectivity index (χ4n) is 1.03. The van der Waals surface area contributed by atoms with Gasteiger partial charge in [0.1, 0.15) is 11.2 Å². The van der Waals surface area contributed by atoms with E-state index in [2.05, 4.69) is 4.98 Å². The van der Waals surface area contributed by atoms with E-state index in [4.69, 9.17) is 16.9 Å². The lowest BCUT2D eigenvalue weighted by Gasteiger charge is -2.11. The molecule has 0 aliphatic rings. The van der Waals surface area contributed by atoms with E-state index in [1.807, 2.05) is 0 Å². The molecule has 1 rings (SSSR count). The number of nitriles is 1. The highest BCUT2D eigenvalue weighted by Gasteiger charge is 2.38. The molecule has 16 heavy (non-hydrogen) atoms. The van der Waals surface area contributed by atoms with Gasteiger partial charge in [0, 0.05) is 5.56 Å². The smallest absolute Gasteiger partial charge is 0.230 e. The van der Waals surface area contributed by atoms with E-state index in [-0.39, 0.29) is 0 Å². The molecule has 0 aromatic carbocycles. The summed E-state index contributed by atoms with van der Waals surface area (Å²) >= 11 is 5.18. The van der Waals surface area contributed by atoms with E-state index in [9.17, 15) is 22.0 Å². The highest BCUT2D eigenvalue weighted by Crippen LogP contribution is 2.35. The van der Waals surface area contributed by atoms with Crippen LogP contribution in [0.2, 0.25) is 5.15 Å². The lowest BCUT2D eigenvalue weighted by Crippen LogP contribution is -2.13. The van der Waals surface area contributed by atoms with Gasteiger partial charge in [0.25, 0.3) is 6.43 Å². The molecule has 0 bridgehead atoms. The minimum atomic E-state index is -5.00. The average molecular weight is 257 g/mol. The lowest BCUT2D eigenvalue weighted by atomic mass is 10.1. The van der Waals surface area contributed by atoms with Crippen molar-refractivity contribution in [2.24, 2.45) is 0 Å². The molecule has 1 heterocycles. The van der Waals surface area contributed by atoms with Gasteiger partial charge in [-0.1, -0.05) is 11.6 Å². The first kappa shape index (κ1) is 12.6. The third-order valence-electron chi connectivity index (χ3n) is 1.63. The van der Waals surface area contributed by atoms with Gasteiger partial charge in [0.2, 0.25) is 0 Å². The molecule has 2 nitrogen and oxygen atoms in total. The van der Waals surface area contributed by atoms with Gasteiger partial charge in [-0.05, 0) is 6.07 Å². The largest absolute Gasteiger partial charge is 0.434 e. The van der Waals surface area contributed by atoms with E-state index in [1.54, 1.807) is 0 Å². The van der Waals surface area contributed by atoms with E-state index in [0.29, 0.717) is 6.07 Å². The SMILES string of the molecule is N#Cc1c(C(F)F)cc(Cl)nc1C(F)(F)F. The van der Waals surface area contributed by atoms with Crippen LogP contribution in [0.25, 0.3) is 0 Å². The third kappa shape index (κ3) is 2.39. The molecule has 0 aliphatic heterocycles. The molecule has 8 heteroatoms. The summed E-state index contributed by atoms with van der Waals surface area (Å²) in [5.41, 5.74) is -3.97. The predicted octanol–water partition coefficient (Wildman–Crippen LogP) is 3.56. The Labute approximate surface area is 91.3 Å². The third-order valence-corrected chi connectivity index (χ3v) is 1.83. The van der Waals surface area contributed by atoms with Crippen molar-refractivity contribution >= 4 is 11.6 Å². The summed E-state index contributed by atoms with van der Waals surface area (Å²) in [5, 5.41) is 7.70. The molecule has 0 saturated carbocycles. The summed E-state index contributed by atoms with van der Waals surface area (Å²) < 4.78 is 61.7. The Kier molecular flexibility index (Phi) is 3.33. The highest BCUT2D eigenvalue weighted by molar-refractivity contribution is 6.29. The molecule has 1 aromatic heterocycles. The summed E-state index contributed by atoms with van der Waals surface area (Å²) in [6.07, 6.45) is -8.23. The van der Waals surface area contributed by atoms with Crippen LogP contribution < -0.4 is 0 Å². The van der Waals surface area contributed by atoms with Crippen LogP contribution in [-0.4, -0.2) is 4.98 Å². The van der Waals surface area contributed by atoms with Crippen LogP contribution in [0.3, 0.4) is 0 Å². The molecule has 0 atom stereocenters. The maximum atomic E-state index is 12.4. The zero-order valence-corrected chi connectivity index (χ0v) is 8.07. The average Bonchev–Trinajstić information content (AvgIpc) is 2.14. The molecule has 0 saturated heterocycles. The monoisotopic (exact) mass is 256 g/mol. The van der Waals surface area contributed by atoms with Crippen molar-refractivity contribution in [1.82, 2.24) is 4.98 Å². The predicted molar refractivity (Wildman–Crippen MR) is 43.9 cm³/mol. The molecular weight excluding hydrogens is 255 g/mol. The zero-order valence-electron chi connectivity index (χ0n) is 7.32. The topological polar surface area (TPSA) is 36.7 Å². The number of alkyl halides is 5. The Morgan fingerprint density at radius 3 is 2.31 bits per heavy atom. The number of halogens is 6. The molecule has 0 aliphatic carbocycles. The van der Waals surface area contributed by atoms with Crippen LogP contribution in [-0.2, 0) is 6.18 Å². The Balaban J connectivity index is 3.57. The van der Waals surface area contributed by atoms with Gasteiger partial charge in [-0.3, -0.25) is 0 Å². The van der Waals surface area contributed by atoms with Crippen molar-refractivity contribution in [3.63, 3.8) is 0 Å². The van der Waals surface area contributed by atoms with E-state index in [1.165, 1.54) is 0 Å². The minimum absolute atomic E-state index is 0.542. The lowest BCUT2D eigenvalue weighted by molar-refractivity contribution is -0.141. The number of hydrogen-bond acceptors (Lipinski definition) is 2. The number of nitrogens with zero attached hydrogens (tertiary/aromatic N) is 2. The Hall–Kier alpha value is -1.42. The van der Waals surface area contributed by atoms with Crippen molar-refractivity contribution in [1.29, 1.82) is 5.26 Å².